The zero-order valence-electron chi connectivity index (χ0n) is 11.5. The summed E-state index contributed by atoms with van der Waals surface area (Å²) < 4.78 is 4.63. The summed E-state index contributed by atoms with van der Waals surface area (Å²) in [5, 5.41) is 16.1. The van der Waals surface area contributed by atoms with Crippen molar-refractivity contribution >= 4 is 28.7 Å². The highest BCUT2D eigenvalue weighted by Crippen LogP contribution is 2.30. The number of rotatable bonds is 5. The van der Waals surface area contributed by atoms with Crippen LogP contribution in [0.4, 0.5) is 11.4 Å². The fraction of sp³-hybridized carbons (Fsp3) is 0.214. The van der Waals surface area contributed by atoms with E-state index in [0.29, 0.717) is 5.69 Å². The van der Waals surface area contributed by atoms with Crippen LogP contribution >= 0.6 is 11.3 Å². The summed E-state index contributed by atoms with van der Waals surface area (Å²) in [6.07, 6.45) is 0. The molecule has 6 nitrogen and oxygen atoms in total. The second kappa shape index (κ2) is 6.36. The van der Waals surface area contributed by atoms with E-state index in [-0.39, 0.29) is 17.3 Å². The molecule has 1 aromatic heterocycles. The highest BCUT2D eigenvalue weighted by molar-refractivity contribution is 7.10. The van der Waals surface area contributed by atoms with Crippen LogP contribution in [0.25, 0.3) is 0 Å². The molecule has 0 saturated heterocycles. The average molecular weight is 306 g/mol. The number of thiophene rings is 1. The van der Waals surface area contributed by atoms with Crippen molar-refractivity contribution < 1.29 is 14.5 Å². The normalized spacial score (nSPS) is 11.7. The molecule has 1 unspecified atom stereocenters. The number of esters is 1. The first-order chi connectivity index (χ1) is 10.0. The third kappa shape index (κ3) is 3.38. The second-order valence-electron chi connectivity index (χ2n) is 4.36. The molecule has 110 valence electrons. The van der Waals surface area contributed by atoms with Crippen molar-refractivity contribution in [3.05, 3.63) is 56.3 Å². The smallest absolute Gasteiger partial charge is 0.337 e. The van der Waals surface area contributed by atoms with E-state index in [1.807, 2.05) is 24.4 Å². The third-order valence-electron chi connectivity index (χ3n) is 2.96. The van der Waals surface area contributed by atoms with Gasteiger partial charge in [-0.05, 0) is 30.5 Å². The predicted octanol–water partition coefficient (Wildman–Crippen LogP) is 3.62. The number of carbonyl (C=O) groups is 1. The van der Waals surface area contributed by atoms with E-state index in [2.05, 4.69) is 10.1 Å². The lowest BCUT2D eigenvalue weighted by Crippen LogP contribution is -2.09. The predicted molar refractivity (Wildman–Crippen MR) is 80.8 cm³/mol. The molecule has 0 amide bonds. The first-order valence-corrected chi connectivity index (χ1v) is 7.07. The fourth-order valence-electron chi connectivity index (χ4n) is 1.90. The van der Waals surface area contributed by atoms with Gasteiger partial charge in [-0.1, -0.05) is 6.07 Å². The summed E-state index contributed by atoms with van der Waals surface area (Å²) in [5.74, 6) is -0.531. The SMILES string of the molecule is COC(=O)c1ccc([N+](=O)[O-])c(NC(C)c2cccs2)c1. The molecule has 21 heavy (non-hydrogen) atoms. The van der Waals surface area contributed by atoms with Crippen molar-refractivity contribution in [2.45, 2.75) is 13.0 Å². The number of carbonyl (C=O) groups excluding carboxylic acids is 1. The van der Waals surface area contributed by atoms with Gasteiger partial charge in [0.1, 0.15) is 5.69 Å². The summed E-state index contributed by atoms with van der Waals surface area (Å²) >= 11 is 1.56. The van der Waals surface area contributed by atoms with Crippen LogP contribution in [-0.4, -0.2) is 18.0 Å². The van der Waals surface area contributed by atoms with Crippen LogP contribution in [0.5, 0.6) is 0 Å². The summed E-state index contributed by atoms with van der Waals surface area (Å²) in [4.78, 5) is 23.2. The van der Waals surface area contributed by atoms with Crippen molar-refractivity contribution in [1.29, 1.82) is 0 Å². The van der Waals surface area contributed by atoms with Gasteiger partial charge >= 0.3 is 5.97 Å². The molecule has 1 N–H and O–H groups in total. The van der Waals surface area contributed by atoms with Crippen LogP contribution in [0.15, 0.2) is 35.7 Å². The van der Waals surface area contributed by atoms with E-state index >= 15 is 0 Å². The Morgan fingerprint density at radius 3 is 2.76 bits per heavy atom. The van der Waals surface area contributed by atoms with Gasteiger partial charge in [-0.2, -0.15) is 0 Å². The highest BCUT2D eigenvalue weighted by Gasteiger charge is 2.19. The summed E-state index contributed by atoms with van der Waals surface area (Å²) in [6.45, 7) is 1.90. The average Bonchev–Trinajstić information content (AvgIpc) is 3.00. The van der Waals surface area contributed by atoms with Gasteiger partial charge in [0.05, 0.1) is 23.6 Å². The number of nitro benzene ring substituents is 1. The standard InChI is InChI=1S/C14H14N2O4S/c1-9(13-4-3-7-21-13)15-11-8-10(14(17)20-2)5-6-12(11)16(18)19/h3-9,15H,1-2H3. The van der Waals surface area contributed by atoms with Crippen LogP contribution in [0.1, 0.15) is 28.2 Å². The molecule has 0 fully saturated rings. The van der Waals surface area contributed by atoms with Crippen LogP contribution in [-0.2, 0) is 4.74 Å². The van der Waals surface area contributed by atoms with Crippen molar-refractivity contribution in [3.63, 3.8) is 0 Å². The number of hydrogen-bond acceptors (Lipinski definition) is 6. The van der Waals surface area contributed by atoms with Gasteiger partial charge in [-0.15, -0.1) is 11.3 Å². The molecule has 2 rings (SSSR count). The van der Waals surface area contributed by atoms with Crippen molar-refractivity contribution in [3.8, 4) is 0 Å². The number of nitrogens with one attached hydrogen (secondary N) is 1. The number of ether oxygens (including phenoxy) is 1. The monoisotopic (exact) mass is 306 g/mol. The Hall–Kier alpha value is -2.41. The van der Waals surface area contributed by atoms with E-state index in [0.717, 1.165) is 4.88 Å². The Morgan fingerprint density at radius 1 is 1.43 bits per heavy atom. The van der Waals surface area contributed by atoms with E-state index in [4.69, 9.17) is 0 Å². The molecular formula is C14H14N2O4S. The lowest BCUT2D eigenvalue weighted by molar-refractivity contribution is -0.384. The van der Waals surface area contributed by atoms with Crippen molar-refractivity contribution in [1.82, 2.24) is 0 Å². The van der Waals surface area contributed by atoms with Crippen LogP contribution in [0.2, 0.25) is 0 Å². The maximum Gasteiger partial charge on any atom is 0.337 e. The molecular weight excluding hydrogens is 292 g/mol. The second-order valence-corrected chi connectivity index (χ2v) is 5.34. The number of anilines is 1. The molecule has 0 aliphatic rings. The maximum atomic E-state index is 11.5. The number of hydrogen-bond donors (Lipinski definition) is 1. The molecule has 0 bridgehead atoms. The largest absolute Gasteiger partial charge is 0.465 e. The molecule has 0 aliphatic carbocycles. The highest BCUT2D eigenvalue weighted by atomic mass is 32.1. The van der Waals surface area contributed by atoms with Gasteiger partial charge in [0.25, 0.3) is 5.69 Å². The molecule has 1 atom stereocenters. The first-order valence-electron chi connectivity index (χ1n) is 6.19. The van der Waals surface area contributed by atoms with Crippen LogP contribution < -0.4 is 5.32 Å². The molecule has 0 aliphatic heterocycles. The maximum absolute atomic E-state index is 11.5. The van der Waals surface area contributed by atoms with Crippen LogP contribution in [0.3, 0.4) is 0 Å². The van der Waals surface area contributed by atoms with E-state index < -0.39 is 10.9 Å². The minimum atomic E-state index is -0.531. The van der Waals surface area contributed by atoms with Crippen molar-refractivity contribution in [2.24, 2.45) is 0 Å². The van der Waals surface area contributed by atoms with Gasteiger partial charge in [-0.25, -0.2) is 4.79 Å². The molecule has 7 heteroatoms. The van der Waals surface area contributed by atoms with Gasteiger partial charge in [0.15, 0.2) is 0 Å². The number of nitro groups is 1. The van der Waals surface area contributed by atoms with E-state index in [9.17, 15) is 14.9 Å². The summed E-state index contributed by atoms with van der Waals surface area (Å²) in [7, 11) is 1.27. The topological polar surface area (TPSA) is 81.5 Å². The van der Waals surface area contributed by atoms with Gasteiger partial charge in [0, 0.05) is 10.9 Å². The summed E-state index contributed by atoms with van der Waals surface area (Å²) in [5.41, 5.74) is 0.485. The molecule has 0 saturated carbocycles. The van der Waals surface area contributed by atoms with Gasteiger partial charge in [-0.3, -0.25) is 10.1 Å². The number of benzene rings is 1. The number of nitrogens with zero attached hydrogens (tertiary/aromatic N) is 1. The third-order valence-corrected chi connectivity index (χ3v) is 4.01. The van der Waals surface area contributed by atoms with Gasteiger partial charge < -0.3 is 10.1 Å². The summed E-state index contributed by atoms with van der Waals surface area (Å²) in [6, 6.07) is 7.88. The Bertz CT molecular complexity index is 655. The Labute approximate surface area is 125 Å². The minimum Gasteiger partial charge on any atom is -0.465 e. The molecule has 2 aromatic rings. The van der Waals surface area contributed by atoms with E-state index in [1.54, 1.807) is 11.3 Å². The minimum absolute atomic E-state index is 0.0777. The Balaban J connectivity index is 2.34. The Morgan fingerprint density at radius 2 is 2.19 bits per heavy atom. The molecule has 0 radical (unpaired) electrons. The lowest BCUT2D eigenvalue weighted by Gasteiger charge is -2.14. The van der Waals surface area contributed by atoms with E-state index in [1.165, 1.54) is 25.3 Å². The quantitative estimate of drug-likeness (QED) is 0.518. The first kappa shape index (κ1) is 15.0. The lowest BCUT2D eigenvalue weighted by atomic mass is 10.1. The molecule has 1 aromatic carbocycles. The number of methoxy groups -OCH3 is 1. The molecule has 1 heterocycles. The zero-order valence-corrected chi connectivity index (χ0v) is 12.3. The van der Waals surface area contributed by atoms with Crippen LogP contribution in [0, 0.1) is 10.1 Å². The zero-order chi connectivity index (χ0) is 15.4. The van der Waals surface area contributed by atoms with Crippen molar-refractivity contribution in [2.75, 3.05) is 12.4 Å². The fourth-order valence-corrected chi connectivity index (χ4v) is 2.63. The Kier molecular flexibility index (Phi) is 4.54. The van der Waals surface area contributed by atoms with Gasteiger partial charge in [0.2, 0.25) is 0 Å². The molecule has 0 spiro atoms.